The number of benzene rings is 1. The molecular formula is C12H11F3. The number of hydrogen-bond acceptors (Lipinski definition) is 0. The van der Waals surface area contributed by atoms with Crippen LogP contribution in [0, 0.1) is 19.3 Å². The van der Waals surface area contributed by atoms with Gasteiger partial charge in [-0.2, -0.15) is 13.2 Å². The van der Waals surface area contributed by atoms with E-state index in [1.54, 1.807) is 6.92 Å². The molecule has 0 fully saturated rings. The summed E-state index contributed by atoms with van der Waals surface area (Å²) in [6.45, 7) is 1.67. The quantitative estimate of drug-likeness (QED) is 0.657. The van der Waals surface area contributed by atoms with Crippen molar-refractivity contribution in [3.8, 4) is 12.3 Å². The topological polar surface area (TPSA) is 0 Å². The van der Waals surface area contributed by atoms with E-state index in [-0.39, 0.29) is 0 Å². The van der Waals surface area contributed by atoms with Crippen molar-refractivity contribution in [3.05, 3.63) is 34.9 Å². The summed E-state index contributed by atoms with van der Waals surface area (Å²) in [6.07, 6.45) is 2.00. The fourth-order valence-electron chi connectivity index (χ4n) is 1.36. The average molecular weight is 212 g/mol. The third-order valence-corrected chi connectivity index (χ3v) is 2.21. The highest BCUT2D eigenvalue weighted by Gasteiger charge is 2.30. The first-order valence-corrected chi connectivity index (χ1v) is 4.55. The van der Waals surface area contributed by atoms with E-state index in [1.807, 2.05) is 0 Å². The van der Waals surface area contributed by atoms with Gasteiger partial charge in [0.25, 0.3) is 0 Å². The number of aryl methyl sites for hydroxylation is 2. The van der Waals surface area contributed by atoms with Gasteiger partial charge in [0, 0.05) is 6.42 Å². The molecule has 0 saturated heterocycles. The molecule has 1 aromatic carbocycles. The van der Waals surface area contributed by atoms with E-state index in [4.69, 9.17) is 6.42 Å². The molecule has 80 valence electrons. The molecule has 0 spiro atoms. The first kappa shape index (κ1) is 11.6. The van der Waals surface area contributed by atoms with Gasteiger partial charge in [-0.25, -0.2) is 0 Å². The number of hydrogen-bond donors (Lipinski definition) is 0. The van der Waals surface area contributed by atoms with Crippen LogP contribution in [-0.2, 0) is 12.6 Å². The van der Waals surface area contributed by atoms with Crippen molar-refractivity contribution in [2.75, 3.05) is 0 Å². The Morgan fingerprint density at radius 2 is 2.00 bits per heavy atom. The zero-order valence-electron chi connectivity index (χ0n) is 8.36. The molecule has 0 aliphatic rings. The lowest BCUT2D eigenvalue weighted by atomic mass is 10.0. The summed E-state index contributed by atoms with van der Waals surface area (Å²) >= 11 is 0. The Balaban J connectivity index is 2.94. The van der Waals surface area contributed by atoms with Crippen molar-refractivity contribution in [2.24, 2.45) is 0 Å². The van der Waals surface area contributed by atoms with Crippen molar-refractivity contribution in [1.29, 1.82) is 0 Å². The van der Waals surface area contributed by atoms with E-state index < -0.39 is 11.7 Å². The van der Waals surface area contributed by atoms with Gasteiger partial charge in [0.05, 0.1) is 5.56 Å². The molecule has 1 rings (SSSR count). The van der Waals surface area contributed by atoms with E-state index in [9.17, 15) is 13.2 Å². The third-order valence-electron chi connectivity index (χ3n) is 2.21. The summed E-state index contributed by atoms with van der Waals surface area (Å²) in [6, 6.07) is 3.75. The molecule has 0 aliphatic carbocycles. The van der Waals surface area contributed by atoms with Gasteiger partial charge in [-0.05, 0) is 36.6 Å². The van der Waals surface area contributed by atoms with Crippen LogP contribution in [0.5, 0.6) is 0 Å². The molecule has 3 heteroatoms. The molecule has 0 radical (unpaired) electrons. The molecule has 0 unspecified atom stereocenters. The van der Waals surface area contributed by atoms with Gasteiger partial charge in [0.2, 0.25) is 0 Å². The first-order valence-electron chi connectivity index (χ1n) is 4.55. The lowest BCUT2D eigenvalue weighted by Gasteiger charge is -2.10. The van der Waals surface area contributed by atoms with Crippen molar-refractivity contribution in [1.82, 2.24) is 0 Å². The first-order chi connectivity index (χ1) is 6.95. The van der Waals surface area contributed by atoms with Gasteiger partial charge in [-0.3, -0.25) is 0 Å². The second-order valence-electron chi connectivity index (χ2n) is 3.34. The minimum atomic E-state index is -4.27. The Morgan fingerprint density at radius 1 is 1.33 bits per heavy atom. The molecule has 0 nitrogen and oxygen atoms in total. The summed E-state index contributed by atoms with van der Waals surface area (Å²) in [4.78, 5) is 0. The van der Waals surface area contributed by atoms with Gasteiger partial charge in [-0.1, -0.05) is 6.07 Å². The fourth-order valence-corrected chi connectivity index (χ4v) is 1.36. The predicted octanol–water partition coefficient (Wildman–Crippen LogP) is 3.58. The summed E-state index contributed by atoms with van der Waals surface area (Å²) in [5.41, 5.74) is 0.908. The third kappa shape index (κ3) is 3.02. The van der Waals surface area contributed by atoms with Gasteiger partial charge >= 0.3 is 6.18 Å². The van der Waals surface area contributed by atoms with E-state index in [2.05, 4.69) is 5.92 Å². The molecule has 0 heterocycles. The molecule has 1 aromatic rings. The summed E-state index contributed by atoms with van der Waals surface area (Å²) in [5, 5.41) is 0. The van der Waals surface area contributed by atoms with E-state index in [0.717, 1.165) is 17.7 Å². The Kier molecular flexibility index (Phi) is 3.41. The molecule has 15 heavy (non-hydrogen) atoms. The maximum Gasteiger partial charge on any atom is 0.416 e. The highest BCUT2D eigenvalue weighted by atomic mass is 19.4. The Hall–Kier alpha value is -1.43. The monoisotopic (exact) mass is 212 g/mol. The van der Waals surface area contributed by atoms with E-state index in [1.165, 1.54) is 6.07 Å². The summed E-state index contributed by atoms with van der Waals surface area (Å²) < 4.78 is 37.0. The molecule has 0 N–H and O–H groups in total. The zero-order valence-corrected chi connectivity index (χ0v) is 8.36. The number of terminal acetylenes is 1. The minimum Gasteiger partial charge on any atom is -0.166 e. The predicted molar refractivity (Wildman–Crippen MR) is 53.3 cm³/mol. The minimum absolute atomic E-state index is 0.548. The highest BCUT2D eigenvalue weighted by Crippen LogP contribution is 2.30. The smallest absolute Gasteiger partial charge is 0.166 e. The Morgan fingerprint density at radius 3 is 2.47 bits per heavy atom. The zero-order chi connectivity index (χ0) is 11.5. The van der Waals surface area contributed by atoms with Gasteiger partial charge < -0.3 is 0 Å². The Labute approximate surface area is 87.1 Å². The van der Waals surface area contributed by atoms with E-state index in [0.29, 0.717) is 18.4 Å². The molecule has 0 bridgehead atoms. The summed E-state index contributed by atoms with van der Waals surface area (Å²) in [7, 11) is 0. The molecule has 0 amide bonds. The van der Waals surface area contributed by atoms with Crippen LogP contribution < -0.4 is 0 Å². The van der Waals surface area contributed by atoms with Crippen molar-refractivity contribution < 1.29 is 13.2 Å². The van der Waals surface area contributed by atoms with Gasteiger partial charge in [0.15, 0.2) is 0 Å². The summed E-state index contributed by atoms with van der Waals surface area (Å²) in [5.74, 6) is 2.47. The van der Waals surface area contributed by atoms with Crippen LogP contribution in [0.25, 0.3) is 0 Å². The maximum atomic E-state index is 12.3. The molecular weight excluding hydrogens is 201 g/mol. The van der Waals surface area contributed by atoms with Crippen LogP contribution in [0.15, 0.2) is 18.2 Å². The number of rotatable bonds is 2. The number of halogens is 3. The fraction of sp³-hybridized carbons (Fsp3) is 0.333. The largest absolute Gasteiger partial charge is 0.416 e. The molecule has 0 aliphatic heterocycles. The Bertz CT molecular complexity index is 383. The lowest BCUT2D eigenvalue weighted by Crippen LogP contribution is -2.05. The van der Waals surface area contributed by atoms with Crippen molar-refractivity contribution in [2.45, 2.75) is 25.9 Å². The maximum absolute atomic E-state index is 12.3. The SMILES string of the molecule is C#CCCc1ccc(C(F)(F)F)cc1C. The molecule has 0 atom stereocenters. The van der Waals surface area contributed by atoms with E-state index >= 15 is 0 Å². The van der Waals surface area contributed by atoms with Gasteiger partial charge in [-0.15, -0.1) is 12.3 Å². The molecule has 0 aromatic heterocycles. The lowest BCUT2D eigenvalue weighted by molar-refractivity contribution is -0.137. The van der Waals surface area contributed by atoms with Crippen molar-refractivity contribution in [3.63, 3.8) is 0 Å². The molecule has 0 saturated carbocycles. The van der Waals surface area contributed by atoms with Crippen LogP contribution in [0.2, 0.25) is 0 Å². The number of alkyl halides is 3. The normalized spacial score (nSPS) is 11.1. The standard InChI is InChI=1S/C12H11F3/c1-3-4-5-10-6-7-11(8-9(10)2)12(13,14)15/h1,6-8H,4-5H2,2H3. The second-order valence-corrected chi connectivity index (χ2v) is 3.34. The van der Waals surface area contributed by atoms with Crippen LogP contribution in [0.3, 0.4) is 0 Å². The van der Waals surface area contributed by atoms with Crippen LogP contribution >= 0.6 is 0 Å². The second kappa shape index (κ2) is 4.39. The highest BCUT2D eigenvalue weighted by molar-refractivity contribution is 5.32. The van der Waals surface area contributed by atoms with Crippen molar-refractivity contribution >= 4 is 0 Å². The van der Waals surface area contributed by atoms with Crippen LogP contribution in [0.4, 0.5) is 13.2 Å². The van der Waals surface area contributed by atoms with Crippen LogP contribution in [-0.4, -0.2) is 0 Å². The van der Waals surface area contributed by atoms with Gasteiger partial charge in [0.1, 0.15) is 0 Å². The van der Waals surface area contributed by atoms with Crippen LogP contribution in [0.1, 0.15) is 23.1 Å². The average Bonchev–Trinajstić information content (AvgIpc) is 2.14.